The number of hydrogen-bond donors (Lipinski definition) is 2. The number of amides is 3. The second-order valence-electron chi connectivity index (χ2n) is 16.5. The van der Waals surface area contributed by atoms with Gasteiger partial charge in [0.1, 0.15) is 18.1 Å². The highest BCUT2D eigenvalue weighted by atomic mass is 16.5. The number of benzene rings is 2. The summed E-state index contributed by atoms with van der Waals surface area (Å²) < 4.78 is 13.4. The number of hydrogen-bond acceptors (Lipinski definition) is 9. The van der Waals surface area contributed by atoms with Gasteiger partial charge in [-0.1, -0.05) is 59.1 Å². The number of allylic oxidation sites excluding steroid dienone is 1. The maximum absolute atomic E-state index is 13.7. The first-order valence-electron chi connectivity index (χ1n) is 20.3. The highest BCUT2D eigenvalue weighted by molar-refractivity contribution is 5.94. The van der Waals surface area contributed by atoms with E-state index < -0.39 is 29.3 Å². The van der Waals surface area contributed by atoms with E-state index in [4.69, 9.17) is 9.47 Å². The van der Waals surface area contributed by atoms with E-state index in [0.29, 0.717) is 36.1 Å². The molecular weight excluding hydrogens is 763 g/mol. The van der Waals surface area contributed by atoms with Gasteiger partial charge in [-0.05, 0) is 91.3 Å². The third-order valence-electron chi connectivity index (χ3n) is 10.9. The van der Waals surface area contributed by atoms with Crippen LogP contribution in [0.15, 0.2) is 72.4 Å². The largest absolute Gasteiger partial charge is 0.508 e. The van der Waals surface area contributed by atoms with Crippen molar-refractivity contribution in [3.05, 3.63) is 84.2 Å². The molecule has 1 aromatic heterocycles. The second kappa shape index (κ2) is 20.4. The summed E-state index contributed by atoms with van der Waals surface area (Å²) in [6.07, 6.45) is 7.45. The zero-order valence-electron chi connectivity index (χ0n) is 36.5. The Balaban J connectivity index is 1.70. The molecule has 13 heteroatoms. The van der Waals surface area contributed by atoms with Crippen molar-refractivity contribution in [3.8, 4) is 16.9 Å². The number of carbonyl (C=O) groups is 5. The Morgan fingerprint density at radius 3 is 2.37 bits per heavy atom. The minimum Gasteiger partial charge on any atom is -0.508 e. The molecule has 1 saturated heterocycles. The number of nitrogens with zero attached hydrogens (tertiary/aromatic N) is 4. The Labute approximate surface area is 353 Å². The standard InChI is InChI=1S/C47H61N5O8/c1-12-17-48-40(30(6)59-11)23-42-39(24-47(8,9)28-60-31(7)54)38-22-33(15-16-41(38)52(42)14-3)34-18-32(20-37(55)21-34)19-36(27-53)49-45(57)44(29(4)5)50(10)46(58)35-25-51(26-35)43(56)13-2/h12-13,15-18,20-23,27,29-30,35-36,44,55H,1-2,14,19,24-26,28H2,3-11H3,(H,49,57)/b40-23+,48-17?. The number of rotatable bonds is 20. The average molecular weight is 824 g/mol. The monoisotopic (exact) mass is 823 g/mol. The average Bonchev–Trinajstić information content (AvgIpc) is 3.46. The lowest BCUT2D eigenvalue weighted by atomic mass is 9.85. The van der Waals surface area contributed by atoms with Gasteiger partial charge in [-0.15, -0.1) is 0 Å². The van der Waals surface area contributed by atoms with E-state index in [1.807, 2.05) is 45.0 Å². The maximum atomic E-state index is 13.7. The van der Waals surface area contributed by atoms with Crippen LogP contribution in [0.25, 0.3) is 28.1 Å². The summed E-state index contributed by atoms with van der Waals surface area (Å²) in [7, 11) is 3.20. The number of phenols is 1. The molecule has 13 nitrogen and oxygen atoms in total. The first kappa shape index (κ1) is 46.9. The van der Waals surface area contributed by atoms with Gasteiger partial charge in [0.25, 0.3) is 0 Å². The molecule has 0 saturated carbocycles. The van der Waals surface area contributed by atoms with Gasteiger partial charge in [-0.25, -0.2) is 0 Å². The number of nitrogens with one attached hydrogen (secondary N) is 1. The van der Waals surface area contributed by atoms with Crippen LogP contribution < -0.4 is 5.32 Å². The Kier molecular flexibility index (Phi) is 16.0. The quantitative estimate of drug-likeness (QED) is 0.0594. The Hall–Kier alpha value is -5.82. The summed E-state index contributed by atoms with van der Waals surface area (Å²) in [5.74, 6) is -2.05. The van der Waals surface area contributed by atoms with E-state index in [1.165, 1.54) is 22.8 Å². The fourth-order valence-corrected chi connectivity index (χ4v) is 7.71. The van der Waals surface area contributed by atoms with Gasteiger partial charge >= 0.3 is 5.97 Å². The smallest absolute Gasteiger partial charge is 0.302 e. The number of likely N-dealkylation sites (N-methyl/N-ethyl adjacent to an activating group) is 1. The Bertz CT molecular complexity index is 2160. The first-order chi connectivity index (χ1) is 28.4. The van der Waals surface area contributed by atoms with Crippen LogP contribution >= 0.6 is 0 Å². The topological polar surface area (TPSA) is 160 Å². The predicted octanol–water partition coefficient (Wildman–Crippen LogP) is 6.15. The lowest BCUT2D eigenvalue weighted by Crippen LogP contribution is -2.60. The molecule has 1 aliphatic heterocycles. The molecule has 2 aromatic carbocycles. The van der Waals surface area contributed by atoms with Crippen molar-refractivity contribution in [2.75, 3.05) is 33.9 Å². The van der Waals surface area contributed by atoms with Crippen LogP contribution in [0, 0.1) is 17.3 Å². The Morgan fingerprint density at radius 2 is 1.78 bits per heavy atom. The van der Waals surface area contributed by atoms with Crippen LogP contribution in [0.3, 0.4) is 0 Å². The lowest BCUT2D eigenvalue weighted by molar-refractivity contribution is -0.151. The molecule has 1 fully saturated rings. The van der Waals surface area contributed by atoms with Crippen LogP contribution in [-0.4, -0.2) is 108 Å². The second-order valence-corrected chi connectivity index (χ2v) is 16.5. The normalized spacial score (nSPS) is 15.0. The fourth-order valence-electron chi connectivity index (χ4n) is 7.71. The minimum absolute atomic E-state index is 0.01000. The molecule has 0 radical (unpaired) electrons. The summed E-state index contributed by atoms with van der Waals surface area (Å²) >= 11 is 0. The van der Waals surface area contributed by atoms with E-state index in [9.17, 15) is 29.1 Å². The summed E-state index contributed by atoms with van der Waals surface area (Å²) in [4.78, 5) is 70.8. The number of aromatic nitrogens is 1. The van der Waals surface area contributed by atoms with Crippen molar-refractivity contribution in [1.29, 1.82) is 0 Å². The molecular formula is C47H61N5O8. The van der Waals surface area contributed by atoms with Crippen molar-refractivity contribution in [1.82, 2.24) is 19.7 Å². The zero-order valence-corrected chi connectivity index (χ0v) is 36.5. The molecule has 0 aliphatic carbocycles. The van der Waals surface area contributed by atoms with E-state index >= 15 is 0 Å². The number of esters is 1. The molecule has 1 aliphatic rings. The van der Waals surface area contributed by atoms with Crippen LogP contribution in [-0.2, 0) is 52.8 Å². The zero-order chi connectivity index (χ0) is 44.5. The van der Waals surface area contributed by atoms with Gasteiger partial charge in [0.2, 0.25) is 17.7 Å². The van der Waals surface area contributed by atoms with E-state index in [2.05, 4.69) is 54.9 Å². The number of aldehydes is 1. The molecule has 3 aromatic rings. The molecule has 0 bridgehead atoms. The fraction of sp³-hybridized carbons (Fsp3) is 0.447. The number of methoxy groups -OCH3 is 1. The third kappa shape index (κ3) is 11.3. The number of aryl methyl sites for hydroxylation is 1. The number of ether oxygens (including phenoxy) is 2. The minimum atomic E-state index is -0.949. The van der Waals surface area contributed by atoms with Gasteiger partial charge in [0.05, 0.1) is 30.4 Å². The number of likely N-dealkylation sites (tertiary alicyclic amines) is 1. The van der Waals surface area contributed by atoms with Crippen LogP contribution in [0.4, 0.5) is 0 Å². The number of phenolic OH excluding ortho intramolecular Hbond substituents is 1. The molecule has 2 heterocycles. The van der Waals surface area contributed by atoms with Crippen molar-refractivity contribution in [2.24, 2.45) is 22.2 Å². The van der Waals surface area contributed by atoms with Gasteiger partial charge in [0, 0.05) is 68.9 Å². The van der Waals surface area contributed by atoms with Crippen LogP contribution in [0.1, 0.15) is 65.3 Å². The number of aliphatic imine (C=N–C) groups is 1. The van der Waals surface area contributed by atoms with Crippen molar-refractivity contribution in [3.63, 3.8) is 0 Å². The van der Waals surface area contributed by atoms with E-state index in [-0.39, 0.29) is 61.7 Å². The summed E-state index contributed by atoms with van der Waals surface area (Å²) in [6.45, 7) is 21.8. The molecule has 322 valence electrons. The molecule has 3 atom stereocenters. The summed E-state index contributed by atoms with van der Waals surface area (Å²) in [5.41, 5.74) is 5.33. The van der Waals surface area contributed by atoms with Gasteiger partial charge in [-0.2, -0.15) is 0 Å². The molecule has 4 rings (SSSR count). The van der Waals surface area contributed by atoms with Crippen LogP contribution in [0.5, 0.6) is 5.75 Å². The molecule has 3 unspecified atom stereocenters. The lowest BCUT2D eigenvalue weighted by Gasteiger charge is -2.41. The first-order valence-corrected chi connectivity index (χ1v) is 20.3. The van der Waals surface area contributed by atoms with Gasteiger partial charge < -0.3 is 39.1 Å². The van der Waals surface area contributed by atoms with Crippen molar-refractivity contribution in [2.45, 2.75) is 86.0 Å². The molecule has 3 amide bonds. The Morgan fingerprint density at radius 1 is 1.08 bits per heavy atom. The third-order valence-corrected chi connectivity index (χ3v) is 10.9. The number of fused-ring (bicyclic) bond motifs is 1. The highest BCUT2D eigenvalue weighted by Crippen LogP contribution is 2.37. The SMILES string of the molecule is C=CC=N/C(=C/c1c(CC(C)(C)COC(C)=O)c2cc(-c3cc(O)cc(CC(C=O)NC(=O)C(C(C)C)N(C)C(=O)C4CN(C(=O)C=C)C4)c3)ccc2n1CC)C(C)OC. The van der Waals surface area contributed by atoms with Gasteiger partial charge in [0.15, 0.2) is 0 Å². The van der Waals surface area contributed by atoms with Crippen molar-refractivity contribution >= 4 is 53.2 Å². The highest BCUT2D eigenvalue weighted by Gasteiger charge is 2.40. The van der Waals surface area contributed by atoms with E-state index in [0.717, 1.165) is 27.7 Å². The van der Waals surface area contributed by atoms with Gasteiger partial charge in [-0.3, -0.25) is 24.2 Å². The summed E-state index contributed by atoms with van der Waals surface area (Å²) in [5, 5.41) is 14.8. The van der Waals surface area contributed by atoms with E-state index in [1.54, 1.807) is 38.6 Å². The van der Waals surface area contributed by atoms with Crippen molar-refractivity contribution < 1.29 is 38.6 Å². The molecule has 0 spiro atoms. The summed E-state index contributed by atoms with van der Waals surface area (Å²) in [6, 6.07) is 9.40. The maximum Gasteiger partial charge on any atom is 0.302 e. The molecule has 60 heavy (non-hydrogen) atoms. The molecule has 2 N–H and O–H groups in total. The number of carbonyl (C=O) groups excluding carboxylic acids is 5. The van der Waals surface area contributed by atoms with Crippen LogP contribution in [0.2, 0.25) is 0 Å². The number of aromatic hydroxyl groups is 1. The predicted molar refractivity (Wildman–Crippen MR) is 235 cm³/mol.